The van der Waals surface area contributed by atoms with Crippen molar-refractivity contribution in [1.29, 1.82) is 0 Å². The molecule has 1 aromatic carbocycles. The molecule has 1 fully saturated rings. The van der Waals surface area contributed by atoms with E-state index in [1.807, 2.05) is 12.1 Å². The maximum Gasteiger partial charge on any atom is 0.457 e. The molecular weight excluding hydrogens is 494 g/mol. The molecule has 0 aromatic heterocycles. The maximum absolute atomic E-state index is 12.3. The molecule has 0 saturated carbocycles. The van der Waals surface area contributed by atoms with Gasteiger partial charge in [0.2, 0.25) is 5.91 Å². The molecule has 5 nitrogen and oxygen atoms in total. The average molecular weight is 541 g/mol. The van der Waals surface area contributed by atoms with Crippen molar-refractivity contribution >= 4 is 36.2 Å². The number of nitrogens with one attached hydrogen (secondary N) is 2. The van der Waals surface area contributed by atoms with Crippen molar-refractivity contribution in [1.82, 2.24) is 10.6 Å². The van der Waals surface area contributed by atoms with Gasteiger partial charge in [-0.2, -0.15) is 0 Å². The van der Waals surface area contributed by atoms with Gasteiger partial charge in [0.25, 0.3) is 0 Å². The van der Waals surface area contributed by atoms with Crippen LogP contribution in [0, 0.1) is 5.41 Å². The highest BCUT2D eigenvalue weighted by Gasteiger charge is 2.50. The fourth-order valence-electron chi connectivity index (χ4n) is 4.93. The molecule has 8 heteroatoms. The zero-order valence-corrected chi connectivity index (χ0v) is 25.2. The van der Waals surface area contributed by atoms with Crippen LogP contribution in [0.5, 0.6) is 0 Å². The molecule has 1 aromatic rings. The summed E-state index contributed by atoms with van der Waals surface area (Å²) in [4.78, 5) is 12.3. The number of rotatable bonds is 13. The molecule has 1 atom stereocenters. The van der Waals surface area contributed by atoms with E-state index >= 15 is 0 Å². The number of amides is 1. The molecule has 1 aliphatic heterocycles. The van der Waals surface area contributed by atoms with Gasteiger partial charge in [0, 0.05) is 22.5 Å². The summed E-state index contributed by atoms with van der Waals surface area (Å²) in [6.07, 6.45) is 6.53. The van der Waals surface area contributed by atoms with Crippen LogP contribution in [0.4, 0.5) is 0 Å². The number of carbonyl (C=O) groups excluding carboxylic acids is 1. The quantitative estimate of drug-likeness (QED) is 0.207. The molecule has 0 bridgehead atoms. The summed E-state index contributed by atoms with van der Waals surface area (Å²) >= 11 is 12.3. The predicted molar refractivity (Wildman–Crippen MR) is 153 cm³/mol. The summed E-state index contributed by atoms with van der Waals surface area (Å²) in [5, 5.41) is 8.26. The van der Waals surface area contributed by atoms with Gasteiger partial charge in [-0.15, -0.1) is 0 Å². The van der Waals surface area contributed by atoms with Gasteiger partial charge >= 0.3 is 7.12 Å². The molecule has 0 spiro atoms. The molecule has 2 rings (SSSR count). The van der Waals surface area contributed by atoms with Crippen LogP contribution in [0.3, 0.4) is 0 Å². The smallest absolute Gasteiger partial charge is 0.403 e. The third-order valence-electron chi connectivity index (χ3n) is 7.99. The second-order valence-corrected chi connectivity index (χ2v) is 13.1. The summed E-state index contributed by atoms with van der Waals surface area (Å²) in [6.45, 7) is 18.4. The van der Waals surface area contributed by atoms with Crippen LogP contribution >= 0.6 is 23.2 Å². The molecule has 204 valence electrons. The van der Waals surface area contributed by atoms with Gasteiger partial charge in [-0.05, 0) is 95.9 Å². The first-order valence-electron chi connectivity index (χ1n) is 13.4. The number of carbonyl (C=O) groups is 1. The maximum atomic E-state index is 12.3. The Morgan fingerprint density at radius 2 is 1.58 bits per heavy atom. The number of unbranched alkanes of at least 4 members (excludes halogenated alkanes) is 1. The van der Waals surface area contributed by atoms with Crippen LogP contribution < -0.4 is 10.6 Å². The van der Waals surface area contributed by atoms with Crippen molar-refractivity contribution in [3.8, 4) is 0 Å². The summed E-state index contributed by atoms with van der Waals surface area (Å²) < 4.78 is 12.3. The van der Waals surface area contributed by atoms with E-state index in [4.69, 9.17) is 32.5 Å². The minimum absolute atomic E-state index is 0.0289. The van der Waals surface area contributed by atoms with Crippen molar-refractivity contribution in [3.05, 3.63) is 33.8 Å². The van der Waals surface area contributed by atoms with Gasteiger partial charge in [0.1, 0.15) is 0 Å². The predicted octanol–water partition coefficient (Wildman–Crippen LogP) is 7.09. The molecular formula is C28H47BCl2N2O3. The van der Waals surface area contributed by atoms with Crippen molar-refractivity contribution in [2.75, 3.05) is 13.1 Å². The van der Waals surface area contributed by atoms with E-state index < -0.39 is 0 Å². The van der Waals surface area contributed by atoms with Crippen LogP contribution in [0.15, 0.2) is 18.2 Å². The largest absolute Gasteiger partial charge is 0.457 e. The van der Waals surface area contributed by atoms with Gasteiger partial charge < -0.3 is 19.9 Å². The highest BCUT2D eigenvalue weighted by Crippen LogP contribution is 2.40. The molecule has 1 heterocycles. The third-order valence-corrected chi connectivity index (χ3v) is 8.58. The van der Waals surface area contributed by atoms with Crippen molar-refractivity contribution in [2.24, 2.45) is 5.41 Å². The number of hydrogen-bond acceptors (Lipinski definition) is 4. The lowest BCUT2D eigenvalue weighted by molar-refractivity contribution is -0.122. The average Bonchev–Trinajstić information content (AvgIpc) is 2.93. The van der Waals surface area contributed by atoms with Gasteiger partial charge in [0.05, 0.1) is 11.2 Å². The lowest BCUT2D eigenvalue weighted by Gasteiger charge is -2.46. The third kappa shape index (κ3) is 8.63. The molecule has 36 heavy (non-hydrogen) atoms. The van der Waals surface area contributed by atoms with Gasteiger partial charge in [-0.1, -0.05) is 62.9 Å². The monoisotopic (exact) mass is 540 g/mol. The second kappa shape index (κ2) is 12.8. The van der Waals surface area contributed by atoms with Gasteiger partial charge in [-0.25, -0.2) is 0 Å². The topological polar surface area (TPSA) is 59.6 Å². The summed E-state index contributed by atoms with van der Waals surface area (Å²) in [7, 11) is -0.168. The highest BCUT2D eigenvalue weighted by atomic mass is 35.5. The van der Waals surface area contributed by atoms with E-state index in [9.17, 15) is 4.79 Å². The van der Waals surface area contributed by atoms with Crippen LogP contribution in [-0.2, 0) is 20.5 Å². The Bertz CT molecular complexity index is 857. The van der Waals surface area contributed by atoms with Gasteiger partial charge in [-0.3, -0.25) is 4.79 Å². The van der Waals surface area contributed by atoms with Crippen LogP contribution in [0.2, 0.25) is 16.4 Å². The minimum atomic E-state index is -0.297. The highest BCUT2D eigenvalue weighted by molar-refractivity contribution is 6.45. The molecule has 0 radical (unpaired) electrons. The molecule has 0 aliphatic carbocycles. The van der Waals surface area contributed by atoms with E-state index in [1.54, 1.807) is 13.0 Å². The van der Waals surface area contributed by atoms with E-state index in [1.165, 1.54) is 0 Å². The molecule has 1 aliphatic rings. The first-order chi connectivity index (χ1) is 16.6. The van der Waals surface area contributed by atoms with E-state index in [0.29, 0.717) is 10.0 Å². The summed E-state index contributed by atoms with van der Waals surface area (Å²) in [5.41, 5.74) is 0.164. The minimum Gasteiger partial charge on any atom is -0.403 e. The molecule has 1 saturated heterocycles. The normalized spacial score (nSPS) is 18.8. The molecule has 2 N–H and O–H groups in total. The first kappa shape index (κ1) is 31.4. The fourth-order valence-corrected chi connectivity index (χ4v) is 5.44. The zero-order valence-electron chi connectivity index (χ0n) is 23.7. The van der Waals surface area contributed by atoms with Gasteiger partial charge in [0.15, 0.2) is 0 Å². The Morgan fingerprint density at radius 1 is 0.972 bits per heavy atom. The Hall–Kier alpha value is -0.785. The lowest BCUT2D eigenvalue weighted by atomic mass is 9.67. The van der Waals surface area contributed by atoms with Crippen molar-refractivity contribution < 1.29 is 14.1 Å². The Morgan fingerprint density at radius 3 is 2.14 bits per heavy atom. The standard InChI is InChI=1S/C28H47BCl2N2O3/c1-21(34)33-28(25(2,3)4,15-9-10-17-29-35-26(5,6)27(7,8)36-29)16-11-18-32-19-14-22-12-13-23(30)20-24(22)31/h12-13,20,32H,9-11,14-19H2,1-8H3,(H,33,34). The Labute approximate surface area is 229 Å². The summed E-state index contributed by atoms with van der Waals surface area (Å²) in [5.74, 6) is 0.0289. The van der Waals surface area contributed by atoms with Crippen LogP contribution in [0.1, 0.15) is 93.1 Å². The number of hydrogen-bond donors (Lipinski definition) is 2. The Kier molecular flexibility index (Phi) is 11.2. The van der Waals surface area contributed by atoms with E-state index in [2.05, 4.69) is 59.1 Å². The van der Waals surface area contributed by atoms with E-state index in [0.717, 1.165) is 63.5 Å². The molecule has 1 unspecified atom stereocenters. The fraction of sp³-hybridized carbons (Fsp3) is 0.750. The number of halogens is 2. The SMILES string of the molecule is CC(=O)NC(CCCCB1OC(C)(C)C(C)(C)O1)(CCCNCCc1ccc(Cl)cc1Cl)C(C)(C)C. The van der Waals surface area contributed by atoms with Crippen molar-refractivity contribution in [2.45, 2.75) is 117 Å². The zero-order chi connectivity index (χ0) is 27.2. The lowest BCUT2D eigenvalue weighted by Crippen LogP contribution is -2.56. The second-order valence-electron chi connectivity index (χ2n) is 12.3. The van der Waals surface area contributed by atoms with Crippen molar-refractivity contribution in [3.63, 3.8) is 0 Å². The summed E-state index contributed by atoms with van der Waals surface area (Å²) in [6, 6.07) is 5.65. The number of benzene rings is 1. The van der Waals surface area contributed by atoms with E-state index in [-0.39, 0.29) is 35.2 Å². The van der Waals surface area contributed by atoms with Crippen LogP contribution in [0.25, 0.3) is 0 Å². The first-order valence-corrected chi connectivity index (χ1v) is 14.1. The molecule has 1 amide bonds. The van der Waals surface area contributed by atoms with Crippen LogP contribution in [-0.4, -0.2) is 42.9 Å². The Balaban J connectivity index is 1.86.